The largest absolute Gasteiger partial charge is 0.0588 e. The third kappa shape index (κ3) is 2.00. The molecule has 0 amide bonds. The Morgan fingerprint density at radius 2 is 1.64 bits per heavy atom. The van der Waals surface area contributed by atoms with Gasteiger partial charge in [-0.2, -0.15) is 0 Å². The molecule has 0 spiro atoms. The van der Waals surface area contributed by atoms with Crippen molar-refractivity contribution in [3.8, 4) is 0 Å². The van der Waals surface area contributed by atoms with Gasteiger partial charge in [-0.05, 0) is 49.3 Å². The number of rotatable bonds is 1. The molecule has 0 bridgehead atoms. The highest BCUT2D eigenvalue weighted by Gasteiger charge is 2.15. The SMILES string of the molecule is Cc1ccc(C2CCCCC2)cc1C. The lowest BCUT2D eigenvalue weighted by Gasteiger charge is -2.22. The van der Waals surface area contributed by atoms with Gasteiger partial charge in [-0.3, -0.25) is 0 Å². The molecule has 0 heterocycles. The van der Waals surface area contributed by atoms with E-state index in [9.17, 15) is 0 Å². The molecule has 0 radical (unpaired) electrons. The lowest BCUT2D eigenvalue weighted by atomic mass is 9.83. The summed E-state index contributed by atoms with van der Waals surface area (Å²) in [6.45, 7) is 4.42. The standard InChI is InChI=1S/C14H20/c1-11-8-9-14(10-12(11)2)13-6-4-3-5-7-13/h8-10,13H,3-7H2,1-2H3. The Labute approximate surface area is 87.3 Å². The van der Waals surface area contributed by atoms with Gasteiger partial charge in [-0.1, -0.05) is 37.5 Å². The minimum absolute atomic E-state index is 0.850. The van der Waals surface area contributed by atoms with Gasteiger partial charge in [0.05, 0.1) is 0 Å². The second-order valence-electron chi connectivity index (χ2n) is 4.68. The van der Waals surface area contributed by atoms with E-state index >= 15 is 0 Å². The van der Waals surface area contributed by atoms with Crippen LogP contribution in [0.2, 0.25) is 0 Å². The monoisotopic (exact) mass is 188 g/mol. The number of aryl methyl sites for hydroxylation is 2. The van der Waals surface area contributed by atoms with Crippen molar-refractivity contribution in [1.82, 2.24) is 0 Å². The van der Waals surface area contributed by atoms with Crippen LogP contribution in [0.5, 0.6) is 0 Å². The van der Waals surface area contributed by atoms with E-state index in [4.69, 9.17) is 0 Å². The van der Waals surface area contributed by atoms with Crippen LogP contribution in [-0.4, -0.2) is 0 Å². The Kier molecular flexibility index (Phi) is 2.90. The van der Waals surface area contributed by atoms with Gasteiger partial charge in [0.1, 0.15) is 0 Å². The summed E-state index contributed by atoms with van der Waals surface area (Å²) < 4.78 is 0. The molecule has 0 heteroatoms. The fourth-order valence-electron chi connectivity index (χ4n) is 2.45. The predicted octanol–water partition coefficient (Wildman–Crippen LogP) is 4.35. The molecule has 14 heavy (non-hydrogen) atoms. The van der Waals surface area contributed by atoms with Gasteiger partial charge < -0.3 is 0 Å². The molecule has 0 N–H and O–H groups in total. The fourth-order valence-corrected chi connectivity index (χ4v) is 2.45. The molecule has 0 atom stereocenters. The minimum Gasteiger partial charge on any atom is -0.0588 e. The first kappa shape index (κ1) is 9.76. The van der Waals surface area contributed by atoms with E-state index in [1.54, 1.807) is 5.56 Å². The topological polar surface area (TPSA) is 0 Å². The average molecular weight is 188 g/mol. The van der Waals surface area contributed by atoms with E-state index in [1.807, 2.05) is 0 Å². The third-order valence-electron chi connectivity index (χ3n) is 3.61. The molecular weight excluding hydrogens is 168 g/mol. The van der Waals surface area contributed by atoms with Crippen molar-refractivity contribution in [2.45, 2.75) is 51.9 Å². The average Bonchev–Trinajstić information content (AvgIpc) is 2.23. The highest BCUT2D eigenvalue weighted by atomic mass is 14.2. The summed E-state index contributed by atoms with van der Waals surface area (Å²) in [5.41, 5.74) is 4.45. The van der Waals surface area contributed by atoms with Crippen LogP contribution >= 0.6 is 0 Å². The van der Waals surface area contributed by atoms with Crippen molar-refractivity contribution in [1.29, 1.82) is 0 Å². The van der Waals surface area contributed by atoms with Crippen molar-refractivity contribution in [2.24, 2.45) is 0 Å². The van der Waals surface area contributed by atoms with Crippen LogP contribution in [0, 0.1) is 13.8 Å². The molecule has 0 saturated heterocycles. The van der Waals surface area contributed by atoms with Gasteiger partial charge in [-0.25, -0.2) is 0 Å². The molecule has 1 aliphatic rings. The molecule has 0 unspecified atom stereocenters. The summed E-state index contributed by atoms with van der Waals surface area (Å²) in [4.78, 5) is 0. The van der Waals surface area contributed by atoms with Crippen molar-refractivity contribution < 1.29 is 0 Å². The van der Waals surface area contributed by atoms with E-state index in [0.29, 0.717) is 0 Å². The van der Waals surface area contributed by atoms with Crippen LogP contribution in [0.1, 0.15) is 54.7 Å². The predicted molar refractivity (Wildman–Crippen MR) is 61.7 cm³/mol. The van der Waals surface area contributed by atoms with E-state index in [-0.39, 0.29) is 0 Å². The summed E-state index contributed by atoms with van der Waals surface area (Å²) in [5, 5.41) is 0. The van der Waals surface area contributed by atoms with Crippen LogP contribution in [0.25, 0.3) is 0 Å². The zero-order valence-electron chi connectivity index (χ0n) is 9.34. The van der Waals surface area contributed by atoms with Crippen LogP contribution in [0.4, 0.5) is 0 Å². The van der Waals surface area contributed by atoms with Crippen molar-refractivity contribution in [3.63, 3.8) is 0 Å². The highest BCUT2D eigenvalue weighted by Crippen LogP contribution is 2.33. The van der Waals surface area contributed by atoms with Crippen LogP contribution < -0.4 is 0 Å². The van der Waals surface area contributed by atoms with E-state index in [1.165, 1.54) is 43.2 Å². The molecule has 0 nitrogen and oxygen atoms in total. The summed E-state index contributed by atoms with van der Waals surface area (Å²) in [6, 6.07) is 7.00. The summed E-state index contributed by atoms with van der Waals surface area (Å²) >= 11 is 0. The third-order valence-corrected chi connectivity index (χ3v) is 3.61. The van der Waals surface area contributed by atoms with E-state index in [0.717, 1.165) is 5.92 Å². The molecule has 0 aromatic heterocycles. The van der Waals surface area contributed by atoms with Crippen molar-refractivity contribution in [3.05, 3.63) is 34.9 Å². The Morgan fingerprint density at radius 3 is 2.29 bits per heavy atom. The molecule has 2 rings (SSSR count). The molecule has 1 aromatic rings. The second-order valence-corrected chi connectivity index (χ2v) is 4.68. The first-order valence-corrected chi connectivity index (χ1v) is 5.84. The molecule has 1 saturated carbocycles. The Bertz CT molecular complexity index is 306. The Balaban J connectivity index is 2.18. The molecule has 76 valence electrons. The van der Waals surface area contributed by atoms with E-state index < -0.39 is 0 Å². The summed E-state index contributed by atoms with van der Waals surface area (Å²) in [6.07, 6.45) is 7.11. The lowest BCUT2D eigenvalue weighted by Crippen LogP contribution is -2.04. The van der Waals surface area contributed by atoms with Gasteiger partial charge in [0.25, 0.3) is 0 Å². The molecule has 1 fully saturated rings. The number of hydrogen-bond acceptors (Lipinski definition) is 0. The fraction of sp³-hybridized carbons (Fsp3) is 0.571. The maximum Gasteiger partial charge on any atom is -0.0162 e. The highest BCUT2D eigenvalue weighted by molar-refractivity contribution is 5.32. The first-order chi connectivity index (χ1) is 6.77. The quantitative estimate of drug-likeness (QED) is 0.614. The van der Waals surface area contributed by atoms with Crippen LogP contribution in [-0.2, 0) is 0 Å². The van der Waals surface area contributed by atoms with Gasteiger partial charge in [0.2, 0.25) is 0 Å². The molecule has 1 aromatic carbocycles. The van der Waals surface area contributed by atoms with Gasteiger partial charge in [-0.15, -0.1) is 0 Å². The maximum atomic E-state index is 2.39. The normalized spacial score (nSPS) is 18.4. The summed E-state index contributed by atoms with van der Waals surface area (Å²) in [5.74, 6) is 0.850. The minimum atomic E-state index is 0.850. The number of hydrogen-bond donors (Lipinski definition) is 0. The molecule has 1 aliphatic carbocycles. The first-order valence-electron chi connectivity index (χ1n) is 5.84. The van der Waals surface area contributed by atoms with Crippen molar-refractivity contribution in [2.75, 3.05) is 0 Å². The van der Waals surface area contributed by atoms with Crippen LogP contribution in [0.15, 0.2) is 18.2 Å². The molecular formula is C14H20. The maximum absolute atomic E-state index is 2.39. The number of benzene rings is 1. The van der Waals surface area contributed by atoms with Crippen LogP contribution in [0.3, 0.4) is 0 Å². The summed E-state index contributed by atoms with van der Waals surface area (Å²) in [7, 11) is 0. The molecule has 0 aliphatic heterocycles. The Morgan fingerprint density at radius 1 is 0.929 bits per heavy atom. The van der Waals surface area contributed by atoms with Crippen molar-refractivity contribution >= 4 is 0 Å². The van der Waals surface area contributed by atoms with E-state index in [2.05, 4.69) is 32.0 Å². The smallest absolute Gasteiger partial charge is 0.0162 e. The zero-order valence-corrected chi connectivity index (χ0v) is 9.34. The zero-order chi connectivity index (χ0) is 9.97. The second kappa shape index (κ2) is 4.16. The lowest BCUT2D eigenvalue weighted by molar-refractivity contribution is 0.443. The van der Waals surface area contributed by atoms with Gasteiger partial charge >= 0.3 is 0 Å². The van der Waals surface area contributed by atoms with Gasteiger partial charge in [0.15, 0.2) is 0 Å². The van der Waals surface area contributed by atoms with Gasteiger partial charge in [0, 0.05) is 0 Å². The Hall–Kier alpha value is -0.780.